The number of ether oxygens (including phenoxy) is 1. The first-order valence-corrected chi connectivity index (χ1v) is 7.00. The number of carbonyl (C=O) groups is 1. The van der Waals surface area contributed by atoms with Crippen LogP contribution in [0.1, 0.15) is 12.6 Å². The third-order valence-corrected chi connectivity index (χ3v) is 3.55. The smallest absolute Gasteiger partial charge is 0.246 e. The first-order valence-electron chi connectivity index (χ1n) is 6.12. The van der Waals surface area contributed by atoms with Gasteiger partial charge in [0, 0.05) is 13.7 Å². The Hall–Kier alpha value is -1.66. The maximum Gasteiger partial charge on any atom is 0.246 e. The van der Waals surface area contributed by atoms with Gasteiger partial charge in [0.1, 0.15) is 12.3 Å². The van der Waals surface area contributed by atoms with Gasteiger partial charge in [-0.1, -0.05) is 6.07 Å². The zero-order chi connectivity index (χ0) is 13.7. The summed E-state index contributed by atoms with van der Waals surface area (Å²) in [7, 11) is 1.88. The molecule has 2 aromatic heterocycles. The number of hydrogen-bond donors (Lipinski definition) is 1. The fourth-order valence-electron chi connectivity index (χ4n) is 1.65. The molecule has 0 radical (unpaired) electrons. The number of hydrogen-bond acceptors (Lipinski definition) is 4. The minimum atomic E-state index is -0.110. The van der Waals surface area contributed by atoms with E-state index < -0.39 is 0 Å². The van der Waals surface area contributed by atoms with Crippen molar-refractivity contribution in [3.05, 3.63) is 29.3 Å². The van der Waals surface area contributed by atoms with Crippen molar-refractivity contribution in [2.45, 2.75) is 13.5 Å². The Labute approximate surface area is 116 Å². The summed E-state index contributed by atoms with van der Waals surface area (Å²) < 4.78 is 6.83. The molecule has 0 atom stereocenters. The zero-order valence-corrected chi connectivity index (χ0v) is 11.9. The van der Waals surface area contributed by atoms with Crippen molar-refractivity contribution in [1.29, 1.82) is 0 Å². The maximum absolute atomic E-state index is 11.5. The summed E-state index contributed by atoms with van der Waals surface area (Å²) in [6.45, 7) is 2.97. The highest BCUT2D eigenvalue weighted by molar-refractivity contribution is 7.13. The van der Waals surface area contributed by atoms with Gasteiger partial charge in [-0.3, -0.25) is 9.48 Å². The molecule has 0 bridgehead atoms. The van der Waals surface area contributed by atoms with Crippen LogP contribution in [-0.2, 0) is 23.1 Å². The Balaban J connectivity index is 1.96. The fourth-order valence-corrected chi connectivity index (χ4v) is 2.33. The van der Waals surface area contributed by atoms with Crippen LogP contribution in [0.25, 0.3) is 10.6 Å². The van der Waals surface area contributed by atoms with Crippen LogP contribution in [0.3, 0.4) is 0 Å². The molecule has 0 saturated heterocycles. The fraction of sp³-hybridized carbons (Fsp3) is 0.385. The van der Waals surface area contributed by atoms with Crippen LogP contribution < -0.4 is 5.32 Å². The van der Waals surface area contributed by atoms with Crippen molar-refractivity contribution >= 4 is 17.2 Å². The predicted molar refractivity (Wildman–Crippen MR) is 74.9 cm³/mol. The van der Waals surface area contributed by atoms with E-state index in [-0.39, 0.29) is 12.5 Å². The van der Waals surface area contributed by atoms with Gasteiger partial charge >= 0.3 is 0 Å². The molecule has 102 valence electrons. The molecule has 0 spiro atoms. The number of carbonyl (C=O) groups excluding carboxylic acids is 1. The van der Waals surface area contributed by atoms with Gasteiger partial charge in [-0.05, 0) is 24.4 Å². The van der Waals surface area contributed by atoms with Crippen molar-refractivity contribution in [1.82, 2.24) is 15.1 Å². The highest BCUT2D eigenvalue weighted by Crippen LogP contribution is 2.23. The molecule has 0 unspecified atom stereocenters. The zero-order valence-electron chi connectivity index (χ0n) is 11.0. The van der Waals surface area contributed by atoms with Crippen molar-refractivity contribution in [3.8, 4) is 10.6 Å². The number of rotatable bonds is 6. The number of aryl methyl sites for hydroxylation is 1. The molecule has 0 saturated carbocycles. The lowest BCUT2D eigenvalue weighted by atomic mass is 10.3. The quantitative estimate of drug-likeness (QED) is 0.877. The first kappa shape index (κ1) is 13.8. The minimum absolute atomic E-state index is 0.103. The Bertz CT molecular complexity index is 534. The van der Waals surface area contributed by atoms with Gasteiger partial charge < -0.3 is 10.1 Å². The molecule has 2 heterocycles. The lowest BCUT2D eigenvalue weighted by Crippen LogP contribution is -2.27. The minimum Gasteiger partial charge on any atom is -0.372 e. The Morgan fingerprint density at radius 2 is 2.42 bits per heavy atom. The predicted octanol–water partition coefficient (Wildman–Crippen LogP) is 1.80. The van der Waals surface area contributed by atoms with Gasteiger partial charge in [-0.25, -0.2) is 0 Å². The van der Waals surface area contributed by atoms with Gasteiger partial charge in [0.2, 0.25) is 5.91 Å². The molecule has 2 rings (SSSR count). The summed E-state index contributed by atoms with van der Waals surface area (Å²) >= 11 is 1.65. The highest BCUT2D eigenvalue weighted by Gasteiger charge is 2.09. The van der Waals surface area contributed by atoms with Gasteiger partial charge in [-0.2, -0.15) is 5.10 Å². The Kier molecular flexibility index (Phi) is 4.70. The molecule has 0 aliphatic rings. The number of nitrogens with zero attached hydrogens (tertiary/aromatic N) is 2. The van der Waals surface area contributed by atoms with Crippen LogP contribution in [0.4, 0.5) is 0 Å². The molecule has 5 nitrogen and oxygen atoms in total. The largest absolute Gasteiger partial charge is 0.372 e. The summed E-state index contributed by atoms with van der Waals surface area (Å²) in [4.78, 5) is 12.6. The third kappa shape index (κ3) is 3.65. The van der Waals surface area contributed by atoms with Gasteiger partial charge in [0.15, 0.2) is 0 Å². The summed E-state index contributed by atoms with van der Waals surface area (Å²) in [6, 6.07) is 6.02. The van der Waals surface area contributed by atoms with E-state index in [2.05, 4.69) is 10.4 Å². The van der Waals surface area contributed by atoms with Crippen LogP contribution in [0, 0.1) is 0 Å². The molecule has 0 aliphatic heterocycles. The summed E-state index contributed by atoms with van der Waals surface area (Å²) in [5.41, 5.74) is 1.90. The second-order valence-corrected chi connectivity index (χ2v) is 4.98. The van der Waals surface area contributed by atoms with Gasteiger partial charge in [0.05, 0.1) is 17.1 Å². The average Bonchev–Trinajstić information content (AvgIpc) is 3.03. The molecular weight excluding hydrogens is 262 g/mol. The van der Waals surface area contributed by atoms with Gasteiger partial charge in [-0.15, -0.1) is 11.3 Å². The van der Waals surface area contributed by atoms with Crippen LogP contribution in [0.5, 0.6) is 0 Å². The standard InChI is InChI=1S/C13H17N3O2S/c1-3-18-9-13(17)14-8-10-7-11(15-16(10)2)12-5-4-6-19-12/h4-7H,3,8-9H2,1-2H3,(H,14,17). The topological polar surface area (TPSA) is 56.1 Å². The van der Waals surface area contributed by atoms with Crippen LogP contribution in [-0.4, -0.2) is 28.9 Å². The molecule has 6 heteroatoms. The van der Waals surface area contributed by atoms with E-state index in [9.17, 15) is 4.79 Å². The van der Waals surface area contributed by atoms with Crippen molar-refractivity contribution in [2.24, 2.45) is 7.05 Å². The average molecular weight is 279 g/mol. The van der Waals surface area contributed by atoms with E-state index in [0.717, 1.165) is 16.3 Å². The van der Waals surface area contributed by atoms with E-state index in [1.54, 1.807) is 16.0 Å². The number of amides is 1. The van der Waals surface area contributed by atoms with Crippen molar-refractivity contribution in [2.75, 3.05) is 13.2 Å². The van der Waals surface area contributed by atoms with Crippen molar-refractivity contribution < 1.29 is 9.53 Å². The maximum atomic E-state index is 11.5. The van der Waals surface area contributed by atoms with Crippen molar-refractivity contribution in [3.63, 3.8) is 0 Å². The summed E-state index contributed by atoms with van der Waals surface area (Å²) in [5.74, 6) is -0.110. The van der Waals surface area contributed by atoms with E-state index in [1.807, 2.05) is 37.6 Å². The van der Waals surface area contributed by atoms with Gasteiger partial charge in [0.25, 0.3) is 0 Å². The Morgan fingerprint density at radius 3 is 3.11 bits per heavy atom. The molecule has 1 N–H and O–H groups in total. The van der Waals surface area contributed by atoms with Crippen LogP contribution in [0.2, 0.25) is 0 Å². The highest BCUT2D eigenvalue weighted by atomic mass is 32.1. The Morgan fingerprint density at radius 1 is 1.58 bits per heavy atom. The van der Waals surface area contributed by atoms with Crippen LogP contribution >= 0.6 is 11.3 Å². The summed E-state index contributed by atoms with van der Waals surface area (Å²) in [6.07, 6.45) is 0. The molecule has 1 amide bonds. The molecule has 2 aromatic rings. The first-order chi connectivity index (χ1) is 9.20. The lowest BCUT2D eigenvalue weighted by molar-refractivity contribution is -0.125. The lowest BCUT2D eigenvalue weighted by Gasteiger charge is -2.05. The van der Waals surface area contributed by atoms with E-state index >= 15 is 0 Å². The molecule has 0 aliphatic carbocycles. The van der Waals surface area contributed by atoms with E-state index in [4.69, 9.17) is 4.74 Å². The normalized spacial score (nSPS) is 10.6. The van der Waals surface area contributed by atoms with E-state index in [1.165, 1.54) is 0 Å². The number of aromatic nitrogens is 2. The molecule has 0 fully saturated rings. The van der Waals surface area contributed by atoms with E-state index in [0.29, 0.717) is 13.2 Å². The second-order valence-electron chi connectivity index (χ2n) is 4.04. The summed E-state index contributed by atoms with van der Waals surface area (Å²) in [5, 5.41) is 9.27. The third-order valence-electron chi connectivity index (χ3n) is 2.65. The molecular formula is C13H17N3O2S. The second kappa shape index (κ2) is 6.49. The van der Waals surface area contributed by atoms with Crippen LogP contribution in [0.15, 0.2) is 23.6 Å². The monoisotopic (exact) mass is 279 g/mol. The number of thiophene rings is 1. The SMILES string of the molecule is CCOCC(=O)NCc1cc(-c2cccs2)nn1C. The number of nitrogens with one attached hydrogen (secondary N) is 1. The molecule has 19 heavy (non-hydrogen) atoms. The molecule has 0 aromatic carbocycles.